The summed E-state index contributed by atoms with van der Waals surface area (Å²) in [6, 6.07) is 1.40. The standard InChI is InChI=1S/C13H14ClF2NO3S/c1-7(8-2-3-8)6-17-13(18)11-9(15)4-5-10(12(11)16)21(14,19)20/h4-5,7-8H,2-3,6H2,1H3,(H,17,18). The molecule has 1 saturated carbocycles. The molecule has 1 aromatic carbocycles. The molecule has 0 saturated heterocycles. The fraction of sp³-hybridized carbons (Fsp3) is 0.462. The van der Waals surface area contributed by atoms with Gasteiger partial charge in [-0.1, -0.05) is 6.92 Å². The van der Waals surface area contributed by atoms with Crippen LogP contribution < -0.4 is 5.32 Å². The van der Waals surface area contributed by atoms with Crippen LogP contribution in [0.25, 0.3) is 0 Å². The Morgan fingerprint density at radius 1 is 1.43 bits per heavy atom. The summed E-state index contributed by atoms with van der Waals surface area (Å²) >= 11 is 0. The van der Waals surface area contributed by atoms with Gasteiger partial charge in [-0.25, -0.2) is 17.2 Å². The highest BCUT2D eigenvalue weighted by Crippen LogP contribution is 2.36. The maximum atomic E-state index is 14.0. The molecule has 1 amide bonds. The molecule has 0 spiro atoms. The molecule has 1 unspecified atom stereocenters. The zero-order chi connectivity index (χ0) is 15.8. The molecule has 4 nitrogen and oxygen atoms in total. The fourth-order valence-electron chi connectivity index (χ4n) is 2.10. The highest BCUT2D eigenvalue weighted by Gasteiger charge is 2.29. The summed E-state index contributed by atoms with van der Waals surface area (Å²) in [5.41, 5.74) is -0.931. The van der Waals surface area contributed by atoms with E-state index in [0.717, 1.165) is 12.8 Å². The molecule has 0 aliphatic heterocycles. The maximum Gasteiger partial charge on any atom is 0.264 e. The summed E-state index contributed by atoms with van der Waals surface area (Å²) in [6.07, 6.45) is 2.17. The fourth-order valence-corrected chi connectivity index (χ4v) is 3.01. The first-order chi connectivity index (χ1) is 9.71. The number of rotatable bonds is 5. The van der Waals surface area contributed by atoms with E-state index in [-0.39, 0.29) is 12.5 Å². The topological polar surface area (TPSA) is 63.2 Å². The van der Waals surface area contributed by atoms with E-state index in [4.69, 9.17) is 10.7 Å². The molecule has 21 heavy (non-hydrogen) atoms. The van der Waals surface area contributed by atoms with E-state index in [1.807, 2.05) is 6.92 Å². The van der Waals surface area contributed by atoms with Crippen LogP contribution in [0.3, 0.4) is 0 Å². The molecule has 1 aliphatic carbocycles. The number of nitrogens with one attached hydrogen (secondary N) is 1. The number of halogens is 3. The second-order valence-corrected chi connectivity index (χ2v) is 7.73. The third kappa shape index (κ3) is 3.71. The van der Waals surface area contributed by atoms with Crippen molar-refractivity contribution < 1.29 is 22.0 Å². The van der Waals surface area contributed by atoms with Crippen molar-refractivity contribution >= 4 is 25.6 Å². The quantitative estimate of drug-likeness (QED) is 0.840. The highest BCUT2D eigenvalue weighted by molar-refractivity contribution is 8.13. The molecule has 1 N–H and O–H groups in total. The van der Waals surface area contributed by atoms with E-state index in [1.54, 1.807) is 0 Å². The van der Waals surface area contributed by atoms with Gasteiger partial charge in [0.2, 0.25) is 0 Å². The van der Waals surface area contributed by atoms with Crippen LogP contribution in [0.5, 0.6) is 0 Å². The molecule has 2 rings (SSSR count). The van der Waals surface area contributed by atoms with Gasteiger partial charge >= 0.3 is 0 Å². The average Bonchev–Trinajstić information content (AvgIpc) is 3.18. The molecule has 0 bridgehead atoms. The summed E-state index contributed by atoms with van der Waals surface area (Å²) in [7, 11) is 0.658. The van der Waals surface area contributed by atoms with E-state index in [9.17, 15) is 22.0 Å². The summed E-state index contributed by atoms with van der Waals surface area (Å²) in [5, 5.41) is 2.42. The minimum absolute atomic E-state index is 0.208. The summed E-state index contributed by atoms with van der Waals surface area (Å²) in [5.74, 6) is -2.86. The Morgan fingerprint density at radius 3 is 2.57 bits per heavy atom. The van der Waals surface area contributed by atoms with Crippen molar-refractivity contribution in [2.45, 2.75) is 24.7 Å². The van der Waals surface area contributed by atoms with Crippen LogP contribution in [0.4, 0.5) is 8.78 Å². The minimum atomic E-state index is -4.39. The van der Waals surface area contributed by atoms with E-state index in [2.05, 4.69) is 5.32 Å². The maximum absolute atomic E-state index is 14.0. The van der Waals surface area contributed by atoms with Gasteiger partial charge in [0, 0.05) is 17.2 Å². The van der Waals surface area contributed by atoms with E-state index < -0.39 is 37.1 Å². The van der Waals surface area contributed by atoms with Gasteiger partial charge < -0.3 is 5.32 Å². The van der Waals surface area contributed by atoms with Crippen LogP contribution in [-0.4, -0.2) is 20.9 Å². The van der Waals surface area contributed by atoms with Crippen LogP contribution in [-0.2, 0) is 9.05 Å². The van der Waals surface area contributed by atoms with Crippen molar-refractivity contribution in [1.82, 2.24) is 5.32 Å². The third-order valence-electron chi connectivity index (χ3n) is 3.56. The predicted octanol–water partition coefficient (Wildman–Crippen LogP) is 2.67. The number of amides is 1. The lowest BCUT2D eigenvalue weighted by molar-refractivity contribution is 0.0937. The predicted molar refractivity (Wildman–Crippen MR) is 73.6 cm³/mol. The van der Waals surface area contributed by atoms with Gasteiger partial charge in [-0.2, -0.15) is 0 Å². The molecular weight excluding hydrogens is 324 g/mol. The Balaban J connectivity index is 2.23. The Bertz CT molecular complexity index is 674. The van der Waals surface area contributed by atoms with Crippen LogP contribution in [0.2, 0.25) is 0 Å². The average molecular weight is 338 g/mol. The molecule has 1 aliphatic rings. The summed E-state index contributed by atoms with van der Waals surface area (Å²) < 4.78 is 50.0. The number of benzene rings is 1. The first-order valence-corrected chi connectivity index (χ1v) is 8.73. The first-order valence-electron chi connectivity index (χ1n) is 6.42. The number of carbonyl (C=O) groups is 1. The first kappa shape index (κ1) is 16.2. The molecule has 0 radical (unpaired) electrons. The van der Waals surface area contributed by atoms with Crippen molar-refractivity contribution in [2.75, 3.05) is 6.54 Å². The second kappa shape index (κ2) is 5.88. The number of hydrogen-bond donors (Lipinski definition) is 1. The van der Waals surface area contributed by atoms with Crippen LogP contribution in [0.1, 0.15) is 30.1 Å². The van der Waals surface area contributed by atoms with Gasteiger partial charge in [0.1, 0.15) is 16.3 Å². The van der Waals surface area contributed by atoms with Crippen molar-refractivity contribution in [3.8, 4) is 0 Å². The summed E-state index contributed by atoms with van der Waals surface area (Å²) in [6.45, 7) is 2.21. The number of carbonyl (C=O) groups excluding carboxylic acids is 1. The van der Waals surface area contributed by atoms with Crippen molar-refractivity contribution in [3.05, 3.63) is 29.3 Å². The van der Waals surface area contributed by atoms with E-state index in [0.29, 0.717) is 18.1 Å². The number of hydrogen-bond acceptors (Lipinski definition) is 3. The summed E-state index contributed by atoms with van der Waals surface area (Å²) in [4.78, 5) is 11.0. The lowest BCUT2D eigenvalue weighted by atomic mass is 10.1. The molecule has 116 valence electrons. The van der Waals surface area contributed by atoms with Gasteiger partial charge in [0.15, 0.2) is 5.82 Å². The van der Waals surface area contributed by atoms with E-state index in [1.165, 1.54) is 0 Å². The molecule has 1 aromatic rings. The minimum Gasteiger partial charge on any atom is -0.352 e. The Morgan fingerprint density at radius 2 is 2.05 bits per heavy atom. The monoisotopic (exact) mass is 337 g/mol. The van der Waals surface area contributed by atoms with Gasteiger partial charge in [-0.15, -0.1) is 0 Å². The molecular formula is C13H14ClF2NO3S. The van der Waals surface area contributed by atoms with E-state index >= 15 is 0 Å². The molecule has 0 heterocycles. The molecule has 0 aromatic heterocycles. The van der Waals surface area contributed by atoms with Crippen molar-refractivity contribution in [3.63, 3.8) is 0 Å². The van der Waals surface area contributed by atoms with Crippen molar-refractivity contribution in [1.29, 1.82) is 0 Å². The van der Waals surface area contributed by atoms with Crippen LogP contribution in [0, 0.1) is 23.5 Å². The normalized spacial score (nSPS) is 16.6. The van der Waals surface area contributed by atoms with Crippen LogP contribution >= 0.6 is 10.7 Å². The third-order valence-corrected chi connectivity index (χ3v) is 4.90. The zero-order valence-corrected chi connectivity index (χ0v) is 12.8. The highest BCUT2D eigenvalue weighted by atomic mass is 35.7. The second-order valence-electron chi connectivity index (χ2n) is 5.20. The molecule has 1 fully saturated rings. The van der Waals surface area contributed by atoms with Gasteiger partial charge in [0.05, 0.1) is 0 Å². The Labute approximate surface area is 125 Å². The molecule has 1 atom stereocenters. The van der Waals surface area contributed by atoms with Gasteiger partial charge in [-0.3, -0.25) is 4.79 Å². The largest absolute Gasteiger partial charge is 0.352 e. The smallest absolute Gasteiger partial charge is 0.264 e. The zero-order valence-electron chi connectivity index (χ0n) is 11.2. The lowest BCUT2D eigenvalue weighted by Crippen LogP contribution is -2.30. The van der Waals surface area contributed by atoms with Gasteiger partial charge in [-0.05, 0) is 36.8 Å². The van der Waals surface area contributed by atoms with Gasteiger partial charge in [0.25, 0.3) is 15.0 Å². The Kier molecular flexibility index (Phi) is 4.53. The van der Waals surface area contributed by atoms with Crippen molar-refractivity contribution in [2.24, 2.45) is 11.8 Å². The Hall–Kier alpha value is -1.21. The van der Waals surface area contributed by atoms with Crippen LogP contribution in [0.15, 0.2) is 17.0 Å². The lowest BCUT2D eigenvalue weighted by Gasteiger charge is -2.13. The molecule has 8 heteroatoms. The SMILES string of the molecule is CC(CNC(=O)c1c(F)ccc(S(=O)(=O)Cl)c1F)C1CC1.